The summed E-state index contributed by atoms with van der Waals surface area (Å²) in [4.78, 5) is 28.7. The Labute approximate surface area is 125 Å². The third-order valence-electron chi connectivity index (χ3n) is 3.32. The number of fused-ring (bicyclic) bond motifs is 1. The van der Waals surface area contributed by atoms with E-state index in [1.165, 1.54) is 34.9 Å². The highest BCUT2D eigenvalue weighted by Gasteiger charge is 2.14. The zero-order valence-corrected chi connectivity index (χ0v) is 11.7. The molecule has 110 valence electrons. The number of carbonyl (C=O) groups excluding carboxylic acids is 1. The molecule has 2 heterocycles. The number of rotatable bonds is 2. The maximum Gasteiger partial charge on any atom is 0.264 e. The summed E-state index contributed by atoms with van der Waals surface area (Å²) in [7, 11) is 1.56. The van der Waals surface area contributed by atoms with Crippen molar-refractivity contribution in [1.29, 1.82) is 0 Å². The molecule has 1 amide bonds. The van der Waals surface area contributed by atoms with E-state index >= 15 is 0 Å². The monoisotopic (exact) mass is 297 g/mol. The third kappa shape index (κ3) is 2.46. The van der Waals surface area contributed by atoms with Crippen LogP contribution < -0.4 is 10.9 Å². The van der Waals surface area contributed by atoms with Crippen molar-refractivity contribution in [3.63, 3.8) is 0 Å². The van der Waals surface area contributed by atoms with Crippen molar-refractivity contribution in [3.8, 4) is 0 Å². The smallest absolute Gasteiger partial charge is 0.264 e. The second kappa shape index (κ2) is 5.40. The van der Waals surface area contributed by atoms with Gasteiger partial charge in [0.1, 0.15) is 17.0 Å². The van der Waals surface area contributed by atoms with E-state index in [1.54, 1.807) is 25.4 Å². The second-order valence-electron chi connectivity index (χ2n) is 4.80. The maximum absolute atomic E-state index is 12.9. The lowest BCUT2D eigenvalue weighted by Gasteiger charge is -2.08. The predicted octanol–water partition coefficient (Wildman–Crippen LogP) is 2.32. The highest BCUT2D eigenvalue weighted by molar-refractivity contribution is 6.05. The zero-order chi connectivity index (χ0) is 15.7. The van der Waals surface area contributed by atoms with Crippen LogP contribution in [-0.4, -0.2) is 15.5 Å². The fraction of sp³-hybridized carbons (Fsp3) is 0.0625. The summed E-state index contributed by atoms with van der Waals surface area (Å²) in [6.45, 7) is 0. The molecule has 0 spiro atoms. The average molecular weight is 297 g/mol. The molecule has 0 saturated carbocycles. The van der Waals surface area contributed by atoms with Gasteiger partial charge in [0.2, 0.25) is 0 Å². The number of carbonyl (C=O) groups is 1. The van der Waals surface area contributed by atoms with Gasteiger partial charge in [-0.2, -0.15) is 0 Å². The van der Waals surface area contributed by atoms with Gasteiger partial charge in [0.05, 0.1) is 0 Å². The quantitative estimate of drug-likeness (QED) is 0.789. The van der Waals surface area contributed by atoms with Crippen LogP contribution in [0.15, 0.2) is 53.5 Å². The Kier molecular flexibility index (Phi) is 3.42. The summed E-state index contributed by atoms with van der Waals surface area (Å²) >= 11 is 0. The highest BCUT2D eigenvalue weighted by atomic mass is 19.1. The maximum atomic E-state index is 12.9. The minimum atomic E-state index is -0.544. The topological polar surface area (TPSA) is 64.0 Å². The molecule has 0 aliphatic heterocycles. The number of aromatic nitrogens is 2. The summed E-state index contributed by atoms with van der Waals surface area (Å²) in [5.74, 6) is -0.941. The number of halogens is 1. The number of nitrogens with one attached hydrogen (secondary N) is 1. The van der Waals surface area contributed by atoms with Crippen molar-refractivity contribution in [3.05, 3.63) is 70.4 Å². The minimum Gasteiger partial charge on any atom is -0.322 e. The molecule has 0 aliphatic carbocycles. The lowest BCUT2D eigenvalue weighted by molar-refractivity contribution is 0.102. The zero-order valence-electron chi connectivity index (χ0n) is 11.7. The number of pyridine rings is 2. The Bertz CT molecular complexity index is 917. The van der Waals surface area contributed by atoms with Gasteiger partial charge in [-0.05, 0) is 42.5 Å². The molecule has 0 unspecified atom stereocenters. The fourth-order valence-electron chi connectivity index (χ4n) is 2.19. The molecule has 0 aliphatic rings. The van der Waals surface area contributed by atoms with Crippen molar-refractivity contribution in [1.82, 2.24) is 9.55 Å². The van der Waals surface area contributed by atoms with Crippen molar-refractivity contribution >= 4 is 22.6 Å². The number of amides is 1. The van der Waals surface area contributed by atoms with E-state index in [0.717, 1.165) is 0 Å². The molecule has 6 heteroatoms. The molecule has 3 rings (SSSR count). The first-order valence-corrected chi connectivity index (χ1v) is 6.58. The molecule has 0 bridgehead atoms. The molecule has 1 N–H and O–H groups in total. The van der Waals surface area contributed by atoms with E-state index in [2.05, 4.69) is 10.3 Å². The van der Waals surface area contributed by atoms with Crippen LogP contribution in [0.5, 0.6) is 0 Å². The van der Waals surface area contributed by atoms with Gasteiger partial charge in [-0.15, -0.1) is 0 Å². The molecular formula is C16H12FN3O2. The van der Waals surface area contributed by atoms with Crippen LogP contribution in [0.1, 0.15) is 10.4 Å². The lowest BCUT2D eigenvalue weighted by Crippen LogP contribution is -2.28. The van der Waals surface area contributed by atoms with Crippen LogP contribution >= 0.6 is 0 Å². The number of aryl methyl sites for hydroxylation is 1. The van der Waals surface area contributed by atoms with E-state index in [9.17, 15) is 14.0 Å². The first kappa shape index (κ1) is 13.9. The summed E-state index contributed by atoms with van der Waals surface area (Å²) in [5, 5.41) is 3.27. The second-order valence-corrected chi connectivity index (χ2v) is 4.80. The van der Waals surface area contributed by atoms with Crippen molar-refractivity contribution < 1.29 is 9.18 Å². The molecule has 1 aromatic carbocycles. The van der Waals surface area contributed by atoms with Crippen LogP contribution in [0, 0.1) is 5.82 Å². The Morgan fingerprint density at radius 1 is 1.23 bits per heavy atom. The first-order chi connectivity index (χ1) is 10.6. The SMILES string of the molecule is Cn1c(=O)c(C(=O)Nc2ccc(F)cc2)cc2cccnc21. The Hall–Kier alpha value is -3.02. The van der Waals surface area contributed by atoms with E-state index < -0.39 is 17.3 Å². The summed E-state index contributed by atoms with van der Waals surface area (Å²) in [6, 6.07) is 10.3. The highest BCUT2D eigenvalue weighted by Crippen LogP contribution is 2.12. The number of benzene rings is 1. The van der Waals surface area contributed by atoms with Crippen LogP contribution in [0.4, 0.5) is 10.1 Å². The van der Waals surface area contributed by atoms with E-state index in [1.807, 2.05) is 0 Å². The Morgan fingerprint density at radius 2 is 1.95 bits per heavy atom. The van der Waals surface area contributed by atoms with Crippen molar-refractivity contribution in [2.45, 2.75) is 0 Å². The summed E-state index contributed by atoms with van der Waals surface area (Å²) in [5.41, 5.74) is 0.490. The molecule has 0 fully saturated rings. The van der Waals surface area contributed by atoms with Gasteiger partial charge in [-0.3, -0.25) is 14.2 Å². The number of nitrogens with zero attached hydrogens (tertiary/aromatic N) is 2. The lowest BCUT2D eigenvalue weighted by atomic mass is 10.2. The van der Waals surface area contributed by atoms with Gasteiger partial charge in [0.15, 0.2) is 0 Å². The molecule has 0 radical (unpaired) electrons. The molecular weight excluding hydrogens is 285 g/mol. The van der Waals surface area contributed by atoms with Crippen LogP contribution in [-0.2, 0) is 7.05 Å². The molecule has 22 heavy (non-hydrogen) atoms. The van der Waals surface area contributed by atoms with Gasteiger partial charge in [0.25, 0.3) is 11.5 Å². The van der Waals surface area contributed by atoms with Gasteiger partial charge < -0.3 is 5.32 Å². The third-order valence-corrected chi connectivity index (χ3v) is 3.32. The van der Waals surface area contributed by atoms with Crippen LogP contribution in [0.2, 0.25) is 0 Å². The van der Waals surface area contributed by atoms with Crippen LogP contribution in [0.3, 0.4) is 0 Å². The van der Waals surface area contributed by atoms with Crippen LogP contribution in [0.25, 0.3) is 11.0 Å². The van der Waals surface area contributed by atoms with Gasteiger partial charge >= 0.3 is 0 Å². The average Bonchev–Trinajstić information content (AvgIpc) is 2.53. The molecule has 5 nitrogen and oxygen atoms in total. The Balaban J connectivity index is 2.02. The number of hydrogen-bond donors (Lipinski definition) is 1. The first-order valence-electron chi connectivity index (χ1n) is 6.58. The molecule has 3 aromatic rings. The largest absolute Gasteiger partial charge is 0.322 e. The van der Waals surface area contributed by atoms with Crippen molar-refractivity contribution in [2.75, 3.05) is 5.32 Å². The molecule has 2 aromatic heterocycles. The standard InChI is InChI=1S/C16H12FN3O2/c1-20-14-10(3-2-8-18-14)9-13(16(20)22)15(21)19-12-6-4-11(17)5-7-12/h2-9H,1H3,(H,19,21). The summed E-state index contributed by atoms with van der Waals surface area (Å²) < 4.78 is 14.2. The van der Waals surface area contributed by atoms with E-state index in [-0.39, 0.29) is 5.56 Å². The van der Waals surface area contributed by atoms with Gasteiger partial charge in [-0.25, -0.2) is 9.37 Å². The number of hydrogen-bond acceptors (Lipinski definition) is 3. The fourth-order valence-corrected chi connectivity index (χ4v) is 2.19. The normalized spacial score (nSPS) is 10.6. The van der Waals surface area contributed by atoms with Crippen molar-refractivity contribution in [2.24, 2.45) is 7.05 Å². The number of anilines is 1. The van der Waals surface area contributed by atoms with Gasteiger partial charge in [-0.1, -0.05) is 0 Å². The molecule has 0 saturated heterocycles. The molecule has 0 atom stereocenters. The van der Waals surface area contributed by atoms with Gasteiger partial charge in [0, 0.05) is 24.3 Å². The van der Waals surface area contributed by atoms with E-state index in [4.69, 9.17) is 0 Å². The predicted molar refractivity (Wildman–Crippen MR) is 81.3 cm³/mol. The van der Waals surface area contributed by atoms with E-state index in [0.29, 0.717) is 16.7 Å². The minimum absolute atomic E-state index is 0.00678. The summed E-state index contributed by atoms with van der Waals surface area (Å²) in [6.07, 6.45) is 1.58. The Morgan fingerprint density at radius 3 is 2.68 bits per heavy atom.